The molecule has 1 aliphatic rings. The zero-order chi connectivity index (χ0) is 14.6. The first-order valence-electron chi connectivity index (χ1n) is 7.96. The first kappa shape index (κ1) is 20.9. The Morgan fingerprint density at radius 1 is 1.29 bits per heavy atom. The number of guanidine groups is 1. The molecule has 1 heterocycles. The first-order valence-corrected chi connectivity index (χ1v) is 7.96. The van der Waals surface area contributed by atoms with Crippen LogP contribution in [0.5, 0.6) is 0 Å². The fourth-order valence-electron chi connectivity index (χ4n) is 2.49. The average molecular weight is 412 g/mol. The molecule has 1 aliphatic heterocycles. The highest BCUT2D eigenvalue weighted by atomic mass is 127. The van der Waals surface area contributed by atoms with E-state index in [0.717, 1.165) is 44.5 Å². The van der Waals surface area contributed by atoms with Crippen molar-refractivity contribution in [3.63, 3.8) is 0 Å². The molecule has 2 N–H and O–H groups in total. The Morgan fingerprint density at radius 2 is 2.00 bits per heavy atom. The molecule has 0 atom stereocenters. The number of likely N-dealkylation sites (tertiary alicyclic amines) is 1. The minimum Gasteiger partial charge on any atom is -0.385 e. The van der Waals surface area contributed by atoms with E-state index >= 15 is 0 Å². The average Bonchev–Trinajstić information content (AvgIpc) is 2.45. The molecule has 5 nitrogen and oxygen atoms in total. The van der Waals surface area contributed by atoms with Crippen LogP contribution in [0, 0.1) is 5.92 Å². The Bertz CT molecular complexity index is 268. The van der Waals surface area contributed by atoms with Crippen LogP contribution in [0.1, 0.15) is 32.6 Å². The summed E-state index contributed by atoms with van der Waals surface area (Å²) in [7, 11) is 3.94. The van der Waals surface area contributed by atoms with Crippen LogP contribution in [0.15, 0.2) is 4.99 Å². The molecule has 0 unspecified atom stereocenters. The third-order valence-corrected chi connectivity index (χ3v) is 3.80. The molecule has 6 heteroatoms. The van der Waals surface area contributed by atoms with Crippen LogP contribution >= 0.6 is 24.0 Å². The molecule has 126 valence electrons. The van der Waals surface area contributed by atoms with Gasteiger partial charge in [0.05, 0.1) is 0 Å². The maximum atomic E-state index is 5.04. The Morgan fingerprint density at radius 3 is 2.62 bits per heavy atom. The van der Waals surface area contributed by atoms with Crippen LogP contribution in [0.4, 0.5) is 0 Å². The fourth-order valence-corrected chi connectivity index (χ4v) is 2.49. The highest BCUT2D eigenvalue weighted by Gasteiger charge is 2.16. The van der Waals surface area contributed by atoms with Gasteiger partial charge in [0.25, 0.3) is 0 Å². The molecule has 1 saturated heterocycles. The molecule has 1 fully saturated rings. The van der Waals surface area contributed by atoms with E-state index in [0.29, 0.717) is 0 Å². The summed E-state index contributed by atoms with van der Waals surface area (Å²) in [5, 5.41) is 6.73. The minimum atomic E-state index is 0. The van der Waals surface area contributed by atoms with E-state index in [9.17, 15) is 0 Å². The van der Waals surface area contributed by atoms with Crippen LogP contribution in [0.3, 0.4) is 0 Å². The van der Waals surface area contributed by atoms with Gasteiger partial charge in [-0.2, -0.15) is 0 Å². The van der Waals surface area contributed by atoms with Gasteiger partial charge in [-0.05, 0) is 58.7 Å². The molecule has 21 heavy (non-hydrogen) atoms. The van der Waals surface area contributed by atoms with Crippen LogP contribution in [-0.2, 0) is 4.74 Å². The lowest BCUT2D eigenvalue weighted by atomic mass is 9.94. The monoisotopic (exact) mass is 412 g/mol. The van der Waals surface area contributed by atoms with Crippen molar-refractivity contribution >= 4 is 29.9 Å². The predicted molar refractivity (Wildman–Crippen MR) is 101 cm³/mol. The summed E-state index contributed by atoms with van der Waals surface area (Å²) in [4.78, 5) is 6.97. The number of nitrogens with zero attached hydrogens (tertiary/aromatic N) is 2. The Hall–Kier alpha value is -0.0800. The molecule has 0 aromatic carbocycles. The number of nitrogens with one attached hydrogen (secondary N) is 2. The molecule has 0 aromatic rings. The highest BCUT2D eigenvalue weighted by Crippen LogP contribution is 2.18. The Labute approximate surface area is 147 Å². The number of hydrogen-bond donors (Lipinski definition) is 2. The van der Waals surface area contributed by atoms with Gasteiger partial charge in [0.1, 0.15) is 0 Å². The van der Waals surface area contributed by atoms with Gasteiger partial charge < -0.3 is 20.3 Å². The van der Waals surface area contributed by atoms with Gasteiger partial charge in [-0.3, -0.25) is 4.99 Å². The maximum absolute atomic E-state index is 5.04. The Kier molecular flexibility index (Phi) is 13.5. The predicted octanol–water partition coefficient (Wildman–Crippen LogP) is 1.93. The largest absolute Gasteiger partial charge is 0.385 e. The summed E-state index contributed by atoms with van der Waals surface area (Å²) >= 11 is 0. The second kappa shape index (κ2) is 13.6. The number of rotatable bonds is 8. The van der Waals surface area contributed by atoms with E-state index in [1.54, 1.807) is 7.11 Å². The molecule has 0 aromatic heterocycles. The van der Waals surface area contributed by atoms with Gasteiger partial charge in [-0.25, -0.2) is 0 Å². The van der Waals surface area contributed by atoms with Gasteiger partial charge in [0, 0.05) is 33.4 Å². The summed E-state index contributed by atoms with van der Waals surface area (Å²) in [6, 6.07) is 0. The zero-order valence-electron chi connectivity index (χ0n) is 13.9. The van der Waals surface area contributed by atoms with Crippen molar-refractivity contribution in [3.8, 4) is 0 Å². The van der Waals surface area contributed by atoms with E-state index in [4.69, 9.17) is 4.74 Å². The third-order valence-electron chi connectivity index (χ3n) is 3.80. The van der Waals surface area contributed by atoms with E-state index in [2.05, 4.69) is 34.5 Å². The molecular formula is C15H33IN4O. The third kappa shape index (κ3) is 10.3. The summed E-state index contributed by atoms with van der Waals surface area (Å²) in [6.45, 7) is 8.11. The van der Waals surface area contributed by atoms with Crippen LogP contribution in [0.25, 0.3) is 0 Å². The van der Waals surface area contributed by atoms with Gasteiger partial charge >= 0.3 is 0 Å². The first-order chi connectivity index (χ1) is 9.76. The fraction of sp³-hybridized carbons (Fsp3) is 0.933. The van der Waals surface area contributed by atoms with Crippen molar-refractivity contribution in [2.45, 2.75) is 32.6 Å². The van der Waals surface area contributed by atoms with Crippen LogP contribution < -0.4 is 10.6 Å². The van der Waals surface area contributed by atoms with Crippen molar-refractivity contribution in [1.82, 2.24) is 15.5 Å². The van der Waals surface area contributed by atoms with Crippen molar-refractivity contribution in [2.75, 3.05) is 53.5 Å². The van der Waals surface area contributed by atoms with Crippen LogP contribution in [-0.4, -0.2) is 64.3 Å². The number of halogens is 1. The number of hydrogen-bond acceptors (Lipinski definition) is 3. The standard InChI is InChI=1S/C15H32N4O.HI/c1-4-16-15(17-9-5-13-20-3)18-10-6-14-7-11-19(2)12-8-14;/h14H,4-13H2,1-3H3,(H2,16,17,18);1H. The normalized spacial score (nSPS) is 17.4. The summed E-state index contributed by atoms with van der Waals surface area (Å²) in [5.74, 6) is 1.81. The van der Waals surface area contributed by atoms with Crippen molar-refractivity contribution in [1.29, 1.82) is 0 Å². The minimum absolute atomic E-state index is 0. The molecule has 0 amide bonds. The molecule has 0 radical (unpaired) electrons. The van der Waals surface area contributed by atoms with Gasteiger partial charge in [0.2, 0.25) is 0 Å². The number of ether oxygens (including phenoxy) is 1. The van der Waals surface area contributed by atoms with Crippen LogP contribution in [0.2, 0.25) is 0 Å². The molecule has 1 rings (SSSR count). The molecule has 0 aliphatic carbocycles. The summed E-state index contributed by atoms with van der Waals surface area (Å²) in [6.07, 6.45) is 4.89. The SMILES string of the molecule is CCNC(=NCCCOC)NCCC1CCN(C)CC1.I. The summed E-state index contributed by atoms with van der Waals surface area (Å²) in [5.41, 5.74) is 0. The molecular weight excluding hydrogens is 379 g/mol. The van der Waals surface area contributed by atoms with Gasteiger partial charge in [-0.15, -0.1) is 24.0 Å². The lowest BCUT2D eigenvalue weighted by Crippen LogP contribution is -2.39. The van der Waals surface area contributed by atoms with Gasteiger partial charge in [-0.1, -0.05) is 0 Å². The smallest absolute Gasteiger partial charge is 0.191 e. The number of methoxy groups -OCH3 is 1. The molecule has 0 spiro atoms. The molecule has 0 bridgehead atoms. The second-order valence-electron chi connectivity index (χ2n) is 5.57. The van der Waals surface area contributed by atoms with Gasteiger partial charge in [0.15, 0.2) is 5.96 Å². The molecule has 0 saturated carbocycles. The maximum Gasteiger partial charge on any atom is 0.191 e. The number of aliphatic imine (C=N–C) groups is 1. The lowest BCUT2D eigenvalue weighted by Gasteiger charge is -2.29. The number of piperidine rings is 1. The summed E-state index contributed by atoms with van der Waals surface area (Å²) < 4.78 is 5.04. The van der Waals surface area contributed by atoms with Crippen molar-refractivity contribution in [2.24, 2.45) is 10.9 Å². The zero-order valence-corrected chi connectivity index (χ0v) is 16.2. The van der Waals surface area contributed by atoms with E-state index in [-0.39, 0.29) is 24.0 Å². The highest BCUT2D eigenvalue weighted by molar-refractivity contribution is 14.0. The second-order valence-corrected chi connectivity index (χ2v) is 5.57. The van der Waals surface area contributed by atoms with Crippen molar-refractivity contribution < 1.29 is 4.74 Å². The topological polar surface area (TPSA) is 48.9 Å². The van der Waals surface area contributed by atoms with Crippen molar-refractivity contribution in [3.05, 3.63) is 0 Å². The van der Waals surface area contributed by atoms with E-state index < -0.39 is 0 Å². The van der Waals surface area contributed by atoms with E-state index in [1.165, 1.54) is 32.4 Å². The van der Waals surface area contributed by atoms with E-state index in [1.807, 2.05) is 0 Å². The Balaban J connectivity index is 0.00000400. The lowest BCUT2D eigenvalue weighted by molar-refractivity contribution is 0.197. The quantitative estimate of drug-likeness (QED) is 0.277.